The molecule has 1 aromatic heterocycles. The Kier molecular flexibility index (Phi) is 3.77. The molecule has 2 atom stereocenters. The minimum Gasteiger partial charge on any atom is -0.380 e. The average Bonchev–Trinajstić information content (AvgIpc) is 3.46. The topological polar surface area (TPSA) is 28.6 Å². The fourth-order valence-electron chi connectivity index (χ4n) is 5.78. The van der Waals surface area contributed by atoms with Crippen LogP contribution in [-0.2, 0) is 11.3 Å². The van der Waals surface area contributed by atoms with E-state index < -0.39 is 0 Å². The summed E-state index contributed by atoms with van der Waals surface area (Å²) < 4.78 is 5.54. The molecule has 0 bridgehead atoms. The predicted octanol–water partition coefficient (Wildman–Crippen LogP) is 4.80. The SMILES string of the molecule is C1=CN(C2CC2c2ccc3ccccc3n2)Cc2c1cccc2N1CCC2(COC2)C1. The zero-order valence-corrected chi connectivity index (χ0v) is 17.7. The van der Waals surface area contributed by atoms with Crippen LogP contribution >= 0.6 is 0 Å². The summed E-state index contributed by atoms with van der Waals surface area (Å²) in [5.41, 5.74) is 7.05. The van der Waals surface area contributed by atoms with Crippen molar-refractivity contribution in [2.24, 2.45) is 5.41 Å². The number of pyridine rings is 1. The maximum Gasteiger partial charge on any atom is 0.0705 e. The second-order valence-corrected chi connectivity index (χ2v) is 9.84. The number of rotatable bonds is 3. The lowest BCUT2D eigenvalue weighted by atomic mass is 9.85. The van der Waals surface area contributed by atoms with Gasteiger partial charge in [-0.15, -0.1) is 0 Å². The van der Waals surface area contributed by atoms with E-state index >= 15 is 0 Å². The molecule has 4 heteroatoms. The summed E-state index contributed by atoms with van der Waals surface area (Å²) in [5.74, 6) is 0.533. The van der Waals surface area contributed by atoms with Crippen molar-refractivity contribution < 1.29 is 4.74 Å². The number of para-hydroxylation sites is 1. The van der Waals surface area contributed by atoms with Gasteiger partial charge in [0.05, 0.1) is 18.7 Å². The van der Waals surface area contributed by atoms with Crippen LogP contribution in [0.1, 0.15) is 35.6 Å². The minimum atomic E-state index is 0.413. The molecule has 0 N–H and O–H groups in total. The van der Waals surface area contributed by atoms with Gasteiger partial charge in [-0.05, 0) is 42.7 Å². The first-order valence-electron chi connectivity index (χ1n) is 11.5. The third kappa shape index (κ3) is 2.89. The molecule has 0 amide bonds. The van der Waals surface area contributed by atoms with Gasteiger partial charge in [0.2, 0.25) is 0 Å². The monoisotopic (exact) mass is 409 g/mol. The van der Waals surface area contributed by atoms with E-state index in [1.165, 1.54) is 40.7 Å². The standard InChI is InChI=1S/C27H27N3O/c1-2-6-23-20(4-1)8-9-24(28-23)21-14-26(21)29-12-10-19-5-3-7-25(22(19)15-29)30-13-11-27(16-30)17-31-18-27/h1-10,12,21,26H,11,13-18H2. The summed E-state index contributed by atoms with van der Waals surface area (Å²) in [6.07, 6.45) is 7.07. The van der Waals surface area contributed by atoms with E-state index in [1.807, 2.05) is 0 Å². The first-order chi connectivity index (χ1) is 15.3. The number of anilines is 1. The molecule has 4 nitrogen and oxygen atoms in total. The Morgan fingerprint density at radius 1 is 1.00 bits per heavy atom. The Hall–Kier alpha value is -2.85. The Morgan fingerprint density at radius 3 is 2.81 bits per heavy atom. The first kappa shape index (κ1) is 17.8. The summed E-state index contributed by atoms with van der Waals surface area (Å²) in [6.45, 7) is 5.16. The van der Waals surface area contributed by atoms with Crippen LogP contribution in [-0.4, -0.2) is 42.2 Å². The fourth-order valence-corrected chi connectivity index (χ4v) is 5.78. The number of nitrogens with zero attached hydrogens (tertiary/aromatic N) is 3. The van der Waals surface area contributed by atoms with Crippen molar-refractivity contribution in [3.05, 3.63) is 77.6 Å². The molecule has 3 aliphatic heterocycles. The molecule has 1 saturated carbocycles. The van der Waals surface area contributed by atoms with Gasteiger partial charge in [-0.25, -0.2) is 0 Å². The van der Waals surface area contributed by atoms with E-state index in [1.54, 1.807) is 0 Å². The Bertz CT molecular complexity index is 1200. The second-order valence-electron chi connectivity index (χ2n) is 9.84. The van der Waals surface area contributed by atoms with E-state index in [-0.39, 0.29) is 0 Å². The number of benzene rings is 2. The molecule has 3 aromatic rings. The third-order valence-corrected chi connectivity index (χ3v) is 7.75. The minimum absolute atomic E-state index is 0.413. The normalized spacial score (nSPS) is 25.7. The predicted molar refractivity (Wildman–Crippen MR) is 124 cm³/mol. The summed E-state index contributed by atoms with van der Waals surface area (Å²) in [7, 11) is 0. The second kappa shape index (κ2) is 6.57. The molecule has 4 aliphatic rings. The van der Waals surface area contributed by atoms with Gasteiger partial charge in [-0.2, -0.15) is 0 Å². The van der Waals surface area contributed by atoms with Crippen LogP contribution in [0, 0.1) is 5.41 Å². The molecule has 3 fully saturated rings. The first-order valence-corrected chi connectivity index (χ1v) is 11.5. The van der Waals surface area contributed by atoms with Gasteiger partial charge in [0, 0.05) is 65.5 Å². The van der Waals surface area contributed by atoms with Gasteiger partial charge >= 0.3 is 0 Å². The molecule has 2 saturated heterocycles. The van der Waals surface area contributed by atoms with Crippen molar-refractivity contribution in [2.75, 3.05) is 31.2 Å². The molecular weight excluding hydrogens is 382 g/mol. The van der Waals surface area contributed by atoms with Crippen LogP contribution in [0.15, 0.2) is 60.8 Å². The summed E-state index contributed by atoms with van der Waals surface area (Å²) >= 11 is 0. The largest absolute Gasteiger partial charge is 0.380 e. The van der Waals surface area contributed by atoms with Crippen LogP contribution in [0.5, 0.6) is 0 Å². The van der Waals surface area contributed by atoms with E-state index in [2.05, 4.69) is 76.7 Å². The molecule has 2 aromatic carbocycles. The molecule has 31 heavy (non-hydrogen) atoms. The molecule has 7 rings (SSSR count). The molecule has 1 spiro atoms. The van der Waals surface area contributed by atoms with Crippen molar-refractivity contribution in [1.29, 1.82) is 0 Å². The van der Waals surface area contributed by atoms with Crippen molar-refractivity contribution in [3.63, 3.8) is 0 Å². The van der Waals surface area contributed by atoms with Gasteiger partial charge in [-0.3, -0.25) is 4.98 Å². The van der Waals surface area contributed by atoms with Crippen LogP contribution in [0.4, 0.5) is 5.69 Å². The van der Waals surface area contributed by atoms with Gasteiger partial charge < -0.3 is 14.5 Å². The summed E-state index contributed by atoms with van der Waals surface area (Å²) in [5, 5.41) is 1.22. The lowest BCUT2D eigenvalue weighted by Crippen LogP contribution is -2.44. The van der Waals surface area contributed by atoms with Crippen molar-refractivity contribution in [3.8, 4) is 0 Å². The van der Waals surface area contributed by atoms with Gasteiger partial charge in [0.25, 0.3) is 0 Å². The number of ether oxygens (including phenoxy) is 1. The summed E-state index contributed by atoms with van der Waals surface area (Å²) in [4.78, 5) is 10.1. The fraction of sp³-hybridized carbons (Fsp3) is 0.370. The van der Waals surface area contributed by atoms with Crippen LogP contribution in [0.2, 0.25) is 0 Å². The number of fused-ring (bicyclic) bond motifs is 2. The smallest absolute Gasteiger partial charge is 0.0705 e. The Labute approximate surface area is 183 Å². The molecule has 0 radical (unpaired) electrons. The van der Waals surface area contributed by atoms with Gasteiger partial charge in [0.15, 0.2) is 0 Å². The van der Waals surface area contributed by atoms with Crippen LogP contribution in [0.25, 0.3) is 17.0 Å². The highest BCUT2D eigenvalue weighted by Gasteiger charge is 2.46. The zero-order valence-electron chi connectivity index (χ0n) is 17.7. The van der Waals surface area contributed by atoms with E-state index in [4.69, 9.17) is 9.72 Å². The number of aromatic nitrogens is 1. The molecule has 2 unspecified atom stereocenters. The maximum atomic E-state index is 5.54. The van der Waals surface area contributed by atoms with E-state index in [9.17, 15) is 0 Å². The molecule has 4 heterocycles. The summed E-state index contributed by atoms with van der Waals surface area (Å²) in [6, 6.07) is 20.2. The van der Waals surface area contributed by atoms with Crippen molar-refractivity contribution in [2.45, 2.75) is 31.3 Å². The highest BCUT2D eigenvalue weighted by Crippen LogP contribution is 2.47. The highest BCUT2D eigenvalue weighted by atomic mass is 16.5. The van der Waals surface area contributed by atoms with Crippen LogP contribution < -0.4 is 4.90 Å². The molecule has 156 valence electrons. The third-order valence-electron chi connectivity index (χ3n) is 7.75. The van der Waals surface area contributed by atoms with E-state index in [0.717, 1.165) is 38.4 Å². The maximum absolute atomic E-state index is 5.54. The highest BCUT2D eigenvalue weighted by molar-refractivity contribution is 5.78. The Morgan fingerprint density at radius 2 is 1.94 bits per heavy atom. The van der Waals surface area contributed by atoms with Gasteiger partial charge in [-0.1, -0.05) is 36.4 Å². The molecule has 1 aliphatic carbocycles. The van der Waals surface area contributed by atoms with Crippen molar-refractivity contribution >= 4 is 22.7 Å². The Balaban J connectivity index is 1.13. The van der Waals surface area contributed by atoms with E-state index in [0.29, 0.717) is 17.4 Å². The lowest BCUT2D eigenvalue weighted by Gasteiger charge is -2.38. The average molecular weight is 410 g/mol. The van der Waals surface area contributed by atoms with Crippen LogP contribution in [0.3, 0.4) is 0 Å². The van der Waals surface area contributed by atoms with Crippen molar-refractivity contribution in [1.82, 2.24) is 9.88 Å². The molecular formula is C27H27N3O. The zero-order chi connectivity index (χ0) is 20.4. The number of hydrogen-bond donors (Lipinski definition) is 0. The lowest BCUT2D eigenvalue weighted by molar-refractivity contribution is -0.0985. The number of hydrogen-bond acceptors (Lipinski definition) is 4. The van der Waals surface area contributed by atoms with Gasteiger partial charge in [0.1, 0.15) is 0 Å². The quantitative estimate of drug-likeness (QED) is 0.621.